The van der Waals surface area contributed by atoms with Crippen molar-refractivity contribution in [1.29, 1.82) is 0 Å². The van der Waals surface area contributed by atoms with E-state index in [4.69, 9.17) is 15.4 Å². The van der Waals surface area contributed by atoms with E-state index >= 15 is 0 Å². The topological polar surface area (TPSA) is 43.4 Å². The number of hydrogen-bond acceptors (Lipinski definition) is 3. The van der Waals surface area contributed by atoms with Gasteiger partial charge in [0.15, 0.2) is 0 Å². The van der Waals surface area contributed by atoms with Crippen LogP contribution in [-0.4, -0.2) is 20.8 Å². The third-order valence-electron chi connectivity index (χ3n) is 2.48. The summed E-state index contributed by atoms with van der Waals surface area (Å²) in [6, 6.07) is 9.77. The van der Waals surface area contributed by atoms with Gasteiger partial charge in [-0.25, -0.2) is 8.42 Å². The molecule has 1 aromatic rings. The van der Waals surface area contributed by atoms with Crippen molar-refractivity contribution in [3.05, 3.63) is 35.9 Å². The van der Waals surface area contributed by atoms with Crippen LogP contribution in [0.5, 0.6) is 0 Å². The molecule has 0 aliphatic rings. The first kappa shape index (κ1) is 14.5. The summed E-state index contributed by atoms with van der Waals surface area (Å²) in [5.74, 6) is -0.0685. The third-order valence-corrected chi connectivity index (χ3v) is 3.72. The number of ether oxygens (including phenoxy) is 1. The molecule has 0 N–H and O–H groups in total. The molecule has 0 bridgehead atoms. The highest BCUT2D eigenvalue weighted by Crippen LogP contribution is 2.11. The molecule has 5 heteroatoms. The second kappa shape index (κ2) is 6.99. The highest BCUT2D eigenvalue weighted by molar-refractivity contribution is 8.13. The molecule has 0 heterocycles. The maximum Gasteiger partial charge on any atom is 0.232 e. The van der Waals surface area contributed by atoms with Crippen LogP contribution in [0, 0.1) is 5.92 Å². The highest BCUT2D eigenvalue weighted by atomic mass is 35.7. The second-order valence-corrected chi connectivity index (χ2v) is 6.80. The molecule has 0 fully saturated rings. The van der Waals surface area contributed by atoms with Crippen molar-refractivity contribution in [3.8, 4) is 0 Å². The maximum absolute atomic E-state index is 10.9. The minimum absolute atomic E-state index is 0.0279. The summed E-state index contributed by atoms with van der Waals surface area (Å²) in [4.78, 5) is 0. The average molecular weight is 277 g/mol. The van der Waals surface area contributed by atoms with Crippen LogP contribution in [0.1, 0.15) is 18.9 Å². The van der Waals surface area contributed by atoms with Gasteiger partial charge in [0.2, 0.25) is 9.05 Å². The monoisotopic (exact) mass is 276 g/mol. The van der Waals surface area contributed by atoms with E-state index in [1.807, 2.05) is 37.3 Å². The van der Waals surface area contributed by atoms with Crippen LogP contribution in [0.15, 0.2) is 30.3 Å². The summed E-state index contributed by atoms with van der Waals surface area (Å²) in [6.45, 7) is 2.84. The molecule has 1 rings (SSSR count). The minimum Gasteiger partial charge on any atom is -0.376 e. The van der Waals surface area contributed by atoms with E-state index in [0.717, 1.165) is 12.0 Å². The Morgan fingerprint density at radius 1 is 1.29 bits per heavy atom. The van der Waals surface area contributed by atoms with Crippen LogP contribution in [0.3, 0.4) is 0 Å². The van der Waals surface area contributed by atoms with Gasteiger partial charge >= 0.3 is 0 Å². The Labute approximate surface area is 107 Å². The summed E-state index contributed by atoms with van der Waals surface area (Å²) in [7, 11) is 1.78. The van der Waals surface area contributed by atoms with E-state index in [1.54, 1.807) is 0 Å². The fourth-order valence-electron chi connectivity index (χ4n) is 1.48. The molecular formula is C12H17ClO3S. The highest BCUT2D eigenvalue weighted by Gasteiger charge is 2.15. The molecule has 0 saturated heterocycles. The standard InChI is InChI=1S/C12H17ClO3S/c1-2-11(10-17(13,14)15)8-16-9-12-6-4-3-5-7-12/h3-7,11H,2,8-10H2,1H3. The van der Waals surface area contributed by atoms with Crippen molar-refractivity contribution in [1.82, 2.24) is 0 Å². The second-order valence-electron chi connectivity index (χ2n) is 3.98. The summed E-state index contributed by atoms with van der Waals surface area (Å²) < 4.78 is 27.4. The van der Waals surface area contributed by atoms with Crippen molar-refractivity contribution in [2.45, 2.75) is 20.0 Å². The number of benzene rings is 1. The summed E-state index contributed by atoms with van der Waals surface area (Å²) in [5.41, 5.74) is 1.08. The van der Waals surface area contributed by atoms with Gasteiger partial charge in [-0.2, -0.15) is 0 Å². The van der Waals surface area contributed by atoms with Crippen LogP contribution in [0.2, 0.25) is 0 Å². The molecule has 17 heavy (non-hydrogen) atoms. The molecular weight excluding hydrogens is 260 g/mol. The Kier molecular flexibility index (Phi) is 5.95. The zero-order valence-corrected chi connectivity index (χ0v) is 11.4. The largest absolute Gasteiger partial charge is 0.376 e. The molecule has 0 aliphatic carbocycles. The Hall–Kier alpha value is -0.580. The molecule has 1 aromatic carbocycles. The van der Waals surface area contributed by atoms with Crippen LogP contribution < -0.4 is 0 Å². The normalized spacial score (nSPS) is 13.5. The van der Waals surface area contributed by atoms with Crippen molar-refractivity contribution in [3.63, 3.8) is 0 Å². The molecule has 0 aliphatic heterocycles. The lowest BCUT2D eigenvalue weighted by molar-refractivity contribution is 0.0919. The molecule has 0 spiro atoms. The van der Waals surface area contributed by atoms with E-state index in [2.05, 4.69) is 0 Å². The minimum atomic E-state index is -3.44. The molecule has 1 atom stereocenters. The fraction of sp³-hybridized carbons (Fsp3) is 0.500. The quantitative estimate of drug-likeness (QED) is 0.719. The van der Waals surface area contributed by atoms with Crippen molar-refractivity contribution < 1.29 is 13.2 Å². The lowest BCUT2D eigenvalue weighted by atomic mass is 10.1. The van der Waals surface area contributed by atoms with E-state index < -0.39 is 9.05 Å². The Morgan fingerprint density at radius 2 is 1.94 bits per heavy atom. The summed E-state index contributed by atoms with van der Waals surface area (Å²) in [5, 5.41) is 0. The lowest BCUT2D eigenvalue weighted by Crippen LogP contribution is -2.17. The van der Waals surface area contributed by atoms with Crippen molar-refractivity contribution >= 4 is 19.7 Å². The molecule has 0 radical (unpaired) electrons. The Bertz CT molecular complexity index is 417. The maximum atomic E-state index is 10.9. The first-order valence-electron chi connectivity index (χ1n) is 5.55. The lowest BCUT2D eigenvalue weighted by Gasteiger charge is -2.13. The average Bonchev–Trinajstić information content (AvgIpc) is 2.27. The van der Waals surface area contributed by atoms with Crippen LogP contribution in [-0.2, 0) is 20.4 Å². The number of hydrogen-bond donors (Lipinski definition) is 0. The van der Waals surface area contributed by atoms with Gasteiger partial charge in [0.1, 0.15) is 0 Å². The molecule has 1 unspecified atom stereocenters. The number of halogens is 1. The molecule has 0 amide bonds. The van der Waals surface area contributed by atoms with Gasteiger partial charge in [-0.05, 0) is 11.5 Å². The van der Waals surface area contributed by atoms with E-state index in [0.29, 0.717) is 13.2 Å². The summed E-state index contributed by atoms with van der Waals surface area (Å²) in [6.07, 6.45) is 0.737. The van der Waals surface area contributed by atoms with E-state index in [-0.39, 0.29) is 11.7 Å². The SMILES string of the molecule is CCC(COCc1ccccc1)CS(=O)(=O)Cl. The molecule has 0 saturated carbocycles. The zero-order valence-electron chi connectivity index (χ0n) is 9.80. The molecule has 3 nitrogen and oxygen atoms in total. The fourth-order valence-corrected chi connectivity index (χ4v) is 2.91. The van der Waals surface area contributed by atoms with Gasteiger partial charge in [-0.15, -0.1) is 0 Å². The zero-order chi connectivity index (χ0) is 12.7. The third kappa shape index (κ3) is 6.66. The van der Waals surface area contributed by atoms with Gasteiger partial charge in [-0.1, -0.05) is 43.7 Å². The van der Waals surface area contributed by atoms with Gasteiger partial charge in [0, 0.05) is 10.7 Å². The van der Waals surface area contributed by atoms with Crippen LogP contribution >= 0.6 is 10.7 Å². The first-order chi connectivity index (χ1) is 8.01. The number of rotatable bonds is 7. The molecule has 0 aromatic heterocycles. The predicted octanol–water partition coefficient (Wildman–Crippen LogP) is 2.80. The first-order valence-corrected chi connectivity index (χ1v) is 8.03. The smallest absolute Gasteiger partial charge is 0.232 e. The van der Waals surface area contributed by atoms with Gasteiger partial charge in [0.05, 0.1) is 19.0 Å². The van der Waals surface area contributed by atoms with Crippen molar-refractivity contribution in [2.75, 3.05) is 12.4 Å². The van der Waals surface area contributed by atoms with E-state index in [9.17, 15) is 8.42 Å². The Balaban J connectivity index is 2.34. The van der Waals surface area contributed by atoms with Gasteiger partial charge in [-0.3, -0.25) is 0 Å². The Morgan fingerprint density at radius 3 is 2.47 bits per heavy atom. The van der Waals surface area contributed by atoms with Crippen LogP contribution in [0.4, 0.5) is 0 Å². The van der Waals surface area contributed by atoms with Crippen molar-refractivity contribution in [2.24, 2.45) is 5.92 Å². The summed E-state index contributed by atoms with van der Waals surface area (Å²) >= 11 is 0. The predicted molar refractivity (Wildman–Crippen MR) is 69.5 cm³/mol. The van der Waals surface area contributed by atoms with Crippen LogP contribution in [0.25, 0.3) is 0 Å². The molecule has 96 valence electrons. The van der Waals surface area contributed by atoms with E-state index in [1.165, 1.54) is 0 Å². The van der Waals surface area contributed by atoms with Gasteiger partial charge < -0.3 is 4.74 Å². The van der Waals surface area contributed by atoms with Gasteiger partial charge in [0.25, 0.3) is 0 Å².